The number of rotatable bonds is 3. The van der Waals surface area contributed by atoms with E-state index >= 15 is 0 Å². The van der Waals surface area contributed by atoms with Crippen LogP contribution in [0.2, 0.25) is 0 Å². The Kier molecular flexibility index (Phi) is 6.86. The largest absolute Gasteiger partial charge is 0.462 e. The molecule has 5 atom stereocenters. The molecule has 4 nitrogen and oxygen atoms in total. The number of cyclic esters (lactones) is 1. The quantitative estimate of drug-likeness (QED) is 0.642. The molecule has 0 bridgehead atoms. The van der Waals surface area contributed by atoms with E-state index in [9.17, 15) is 15.0 Å². The van der Waals surface area contributed by atoms with Crippen molar-refractivity contribution >= 4 is 5.97 Å². The van der Waals surface area contributed by atoms with Gasteiger partial charge in [-0.2, -0.15) is 0 Å². The van der Waals surface area contributed by atoms with E-state index in [0.717, 1.165) is 32.1 Å². The van der Waals surface area contributed by atoms with Crippen molar-refractivity contribution in [2.75, 3.05) is 0 Å². The average Bonchev–Trinajstić information content (AvgIpc) is 2.89. The van der Waals surface area contributed by atoms with Crippen LogP contribution in [0.15, 0.2) is 42.5 Å². The van der Waals surface area contributed by atoms with E-state index in [-0.39, 0.29) is 23.9 Å². The summed E-state index contributed by atoms with van der Waals surface area (Å²) in [6.07, 6.45) is 8.50. The number of aliphatic hydroxyl groups is 2. The summed E-state index contributed by atoms with van der Waals surface area (Å²) < 4.78 is 5.74. The first-order valence-corrected chi connectivity index (χ1v) is 9.88. The van der Waals surface area contributed by atoms with Crippen LogP contribution < -0.4 is 0 Å². The Labute approximate surface area is 155 Å². The zero-order valence-corrected chi connectivity index (χ0v) is 15.3. The Morgan fingerprint density at radius 1 is 1.00 bits per heavy atom. The number of aliphatic hydroxyl groups excluding tert-OH is 2. The van der Waals surface area contributed by atoms with Crippen LogP contribution in [0.3, 0.4) is 0 Å². The second-order valence-electron chi connectivity index (χ2n) is 7.66. The predicted molar refractivity (Wildman–Crippen MR) is 100 cm³/mol. The SMILES string of the molecule is O=C1CC/C=C\C[C@@H]2C(CC[C@H](CCc3ccccc3)O1)[C@H](O)C[C@@H]2O. The molecule has 2 aliphatic rings. The first kappa shape index (κ1) is 19.1. The van der Waals surface area contributed by atoms with Gasteiger partial charge in [0.15, 0.2) is 0 Å². The highest BCUT2D eigenvalue weighted by Crippen LogP contribution is 2.39. The van der Waals surface area contributed by atoms with Crippen molar-refractivity contribution < 1.29 is 19.7 Å². The number of fused-ring (bicyclic) bond motifs is 1. The lowest BCUT2D eigenvalue weighted by molar-refractivity contribution is -0.149. The maximum Gasteiger partial charge on any atom is 0.306 e. The number of benzene rings is 1. The maximum atomic E-state index is 12.1. The van der Waals surface area contributed by atoms with Gasteiger partial charge >= 0.3 is 5.97 Å². The van der Waals surface area contributed by atoms with Crippen molar-refractivity contribution in [3.8, 4) is 0 Å². The van der Waals surface area contributed by atoms with Crippen LogP contribution in [0.5, 0.6) is 0 Å². The summed E-state index contributed by atoms with van der Waals surface area (Å²) in [6.45, 7) is 0. The molecule has 0 saturated heterocycles. The molecule has 1 heterocycles. The minimum absolute atomic E-state index is 0.0759. The van der Waals surface area contributed by atoms with Gasteiger partial charge in [0.2, 0.25) is 0 Å². The molecule has 0 aromatic heterocycles. The summed E-state index contributed by atoms with van der Waals surface area (Å²) in [5.41, 5.74) is 1.24. The predicted octanol–water partition coefficient (Wildman–Crippen LogP) is 3.41. The fourth-order valence-electron chi connectivity index (χ4n) is 4.34. The smallest absolute Gasteiger partial charge is 0.306 e. The Hall–Kier alpha value is -1.65. The van der Waals surface area contributed by atoms with Gasteiger partial charge in [0, 0.05) is 6.42 Å². The minimum Gasteiger partial charge on any atom is -0.462 e. The highest BCUT2D eigenvalue weighted by atomic mass is 16.5. The molecule has 0 radical (unpaired) electrons. The molecule has 26 heavy (non-hydrogen) atoms. The Morgan fingerprint density at radius 3 is 2.58 bits per heavy atom. The second kappa shape index (κ2) is 9.33. The van der Waals surface area contributed by atoms with E-state index in [4.69, 9.17) is 4.74 Å². The molecule has 1 aliphatic heterocycles. The Bertz CT molecular complexity index is 597. The molecule has 142 valence electrons. The van der Waals surface area contributed by atoms with Crippen LogP contribution in [0, 0.1) is 11.8 Å². The zero-order valence-electron chi connectivity index (χ0n) is 15.3. The van der Waals surface area contributed by atoms with Gasteiger partial charge in [0.05, 0.1) is 12.2 Å². The standard InChI is InChI=1S/C22H30O4/c23-20-15-21(24)19-14-13-17(12-11-16-7-3-1-4-8-16)26-22(25)10-6-2-5-9-18(19)20/h1-5,7-8,17-21,23-24H,6,9-15H2/b5-2-/t17-,18+,19?,20-,21+/m0/s1. The third kappa shape index (κ3) is 5.18. The van der Waals surface area contributed by atoms with Crippen LogP contribution >= 0.6 is 0 Å². The van der Waals surface area contributed by atoms with Gasteiger partial charge < -0.3 is 14.9 Å². The summed E-state index contributed by atoms with van der Waals surface area (Å²) in [6, 6.07) is 10.2. The number of aryl methyl sites for hydroxylation is 1. The van der Waals surface area contributed by atoms with E-state index in [2.05, 4.69) is 12.1 Å². The van der Waals surface area contributed by atoms with Gasteiger partial charge in [-0.05, 0) is 62.3 Å². The summed E-state index contributed by atoms with van der Waals surface area (Å²) >= 11 is 0. The van der Waals surface area contributed by atoms with Crippen molar-refractivity contribution in [3.05, 3.63) is 48.0 Å². The van der Waals surface area contributed by atoms with Crippen molar-refractivity contribution in [1.29, 1.82) is 0 Å². The van der Waals surface area contributed by atoms with Crippen molar-refractivity contribution in [3.63, 3.8) is 0 Å². The van der Waals surface area contributed by atoms with E-state index in [1.807, 2.05) is 30.4 Å². The van der Waals surface area contributed by atoms with Gasteiger partial charge in [-0.3, -0.25) is 4.79 Å². The molecule has 0 amide bonds. The number of esters is 1. The lowest BCUT2D eigenvalue weighted by Gasteiger charge is -2.26. The van der Waals surface area contributed by atoms with E-state index in [1.165, 1.54) is 5.56 Å². The van der Waals surface area contributed by atoms with Gasteiger partial charge in [-0.25, -0.2) is 0 Å². The third-order valence-corrected chi connectivity index (χ3v) is 5.83. The maximum absolute atomic E-state index is 12.1. The van der Waals surface area contributed by atoms with Gasteiger partial charge in [-0.15, -0.1) is 0 Å². The number of hydrogen-bond acceptors (Lipinski definition) is 4. The highest BCUT2D eigenvalue weighted by Gasteiger charge is 2.40. The molecule has 2 N–H and O–H groups in total. The van der Waals surface area contributed by atoms with Gasteiger partial charge in [0.1, 0.15) is 6.10 Å². The van der Waals surface area contributed by atoms with Crippen LogP contribution in [0.4, 0.5) is 0 Å². The summed E-state index contributed by atoms with van der Waals surface area (Å²) in [4.78, 5) is 12.1. The van der Waals surface area contributed by atoms with Crippen molar-refractivity contribution in [1.82, 2.24) is 0 Å². The molecule has 1 aromatic rings. The van der Waals surface area contributed by atoms with Crippen LogP contribution in [-0.2, 0) is 16.0 Å². The Balaban J connectivity index is 1.66. The molecule has 0 spiro atoms. The summed E-state index contributed by atoms with van der Waals surface area (Å²) in [5, 5.41) is 20.6. The van der Waals surface area contributed by atoms with Crippen LogP contribution in [0.25, 0.3) is 0 Å². The monoisotopic (exact) mass is 358 g/mol. The normalized spacial score (nSPS) is 34.2. The first-order chi connectivity index (χ1) is 12.6. The lowest BCUT2D eigenvalue weighted by Crippen LogP contribution is -2.26. The fourth-order valence-corrected chi connectivity index (χ4v) is 4.34. The lowest BCUT2D eigenvalue weighted by atomic mass is 9.85. The molecule has 1 aromatic carbocycles. The van der Waals surface area contributed by atoms with Crippen LogP contribution in [0.1, 0.15) is 50.5 Å². The number of carbonyl (C=O) groups is 1. The van der Waals surface area contributed by atoms with E-state index in [0.29, 0.717) is 19.3 Å². The van der Waals surface area contributed by atoms with Crippen LogP contribution in [-0.4, -0.2) is 34.5 Å². The number of allylic oxidation sites excluding steroid dienone is 2. The molecule has 1 aliphatic carbocycles. The van der Waals surface area contributed by atoms with E-state index < -0.39 is 12.2 Å². The third-order valence-electron chi connectivity index (χ3n) is 5.83. The summed E-state index contributed by atoms with van der Waals surface area (Å²) in [7, 11) is 0. The topological polar surface area (TPSA) is 66.8 Å². The fraction of sp³-hybridized carbons (Fsp3) is 0.591. The second-order valence-corrected chi connectivity index (χ2v) is 7.66. The molecular weight excluding hydrogens is 328 g/mol. The van der Waals surface area contributed by atoms with Crippen molar-refractivity contribution in [2.45, 2.75) is 69.7 Å². The summed E-state index contributed by atoms with van der Waals surface area (Å²) in [5.74, 6) is 0.0370. The molecule has 1 saturated carbocycles. The van der Waals surface area contributed by atoms with E-state index in [1.54, 1.807) is 0 Å². The van der Waals surface area contributed by atoms with Crippen molar-refractivity contribution in [2.24, 2.45) is 11.8 Å². The number of hydrogen-bond donors (Lipinski definition) is 2. The van der Waals surface area contributed by atoms with Gasteiger partial charge in [-0.1, -0.05) is 42.5 Å². The number of ether oxygens (including phenoxy) is 1. The minimum atomic E-state index is -0.461. The number of carbonyl (C=O) groups excluding carboxylic acids is 1. The molecule has 1 unspecified atom stereocenters. The first-order valence-electron chi connectivity index (χ1n) is 9.88. The molecule has 3 rings (SSSR count). The average molecular weight is 358 g/mol. The molecule has 1 fully saturated rings. The highest BCUT2D eigenvalue weighted by molar-refractivity contribution is 5.69. The van der Waals surface area contributed by atoms with Gasteiger partial charge in [0.25, 0.3) is 0 Å². The zero-order chi connectivity index (χ0) is 18.4. The molecular formula is C22H30O4. The Morgan fingerprint density at radius 2 is 1.77 bits per heavy atom. The molecule has 4 heteroatoms.